The SMILES string of the molecule is O=C(Cn1cnc2onc(-c3ccc(F)cc3)c2c1=O)N1CCCc2ccccc21. The first kappa shape index (κ1) is 18.2. The maximum absolute atomic E-state index is 13.2. The van der Waals surface area contributed by atoms with E-state index in [1.54, 1.807) is 4.90 Å². The molecule has 0 bridgehead atoms. The van der Waals surface area contributed by atoms with Gasteiger partial charge in [0.25, 0.3) is 11.3 Å². The summed E-state index contributed by atoms with van der Waals surface area (Å²) in [6.07, 6.45) is 3.09. The van der Waals surface area contributed by atoms with Crippen molar-refractivity contribution < 1.29 is 13.7 Å². The molecule has 7 nitrogen and oxygen atoms in total. The molecule has 8 heteroatoms. The van der Waals surface area contributed by atoms with Crippen LogP contribution < -0.4 is 10.5 Å². The van der Waals surface area contributed by atoms with Crippen LogP contribution in [0.15, 0.2) is 64.2 Å². The fourth-order valence-corrected chi connectivity index (χ4v) is 3.82. The summed E-state index contributed by atoms with van der Waals surface area (Å²) in [5.74, 6) is -0.584. The highest BCUT2D eigenvalue weighted by molar-refractivity contribution is 5.95. The second-order valence-electron chi connectivity index (χ2n) is 7.17. The average Bonchev–Trinajstić information content (AvgIpc) is 3.20. The molecule has 2 aromatic heterocycles. The number of halogens is 1. The van der Waals surface area contributed by atoms with Crippen LogP contribution in [0.1, 0.15) is 12.0 Å². The first-order chi connectivity index (χ1) is 14.6. The number of hydrogen-bond acceptors (Lipinski definition) is 5. The van der Waals surface area contributed by atoms with Crippen molar-refractivity contribution in [3.63, 3.8) is 0 Å². The van der Waals surface area contributed by atoms with Crippen molar-refractivity contribution in [2.24, 2.45) is 0 Å². The maximum atomic E-state index is 13.2. The van der Waals surface area contributed by atoms with Gasteiger partial charge in [0.05, 0.1) is 0 Å². The third kappa shape index (κ3) is 3.06. The van der Waals surface area contributed by atoms with Gasteiger partial charge in [0.1, 0.15) is 29.8 Å². The molecule has 0 saturated heterocycles. The number of anilines is 1. The lowest BCUT2D eigenvalue weighted by Crippen LogP contribution is -2.39. The molecule has 0 unspecified atom stereocenters. The summed E-state index contributed by atoms with van der Waals surface area (Å²) in [6, 6.07) is 13.4. The average molecular weight is 404 g/mol. The van der Waals surface area contributed by atoms with Crippen LogP contribution in [-0.2, 0) is 17.8 Å². The summed E-state index contributed by atoms with van der Waals surface area (Å²) in [7, 11) is 0. The molecule has 0 radical (unpaired) electrons. The van der Waals surface area contributed by atoms with Crippen molar-refractivity contribution in [3.05, 3.63) is 76.6 Å². The van der Waals surface area contributed by atoms with Crippen molar-refractivity contribution in [1.29, 1.82) is 0 Å². The lowest BCUT2D eigenvalue weighted by atomic mass is 10.0. The molecular formula is C22H17FN4O3. The zero-order valence-corrected chi connectivity index (χ0v) is 15.9. The lowest BCUT2D eigenvalue weighted by Gasteiger charge is -2.29. The number of aromatic nitrogens is 3. The highest BCUT2D eigenvalue weighted by Crippen LogP contribution is 2.27. The van der Waals surface area contributed by atoms with E-state index < -0.39 is 11.4 Å². The van der Waals surface area contributed by atoms with Gasteiger partial charge in [-0.05, 0) is 48.7 Å². The van der Waals surface area contributed by atoms with Gasteiger partial charge in [-0.2, -0.15) is 0 Å². The molecular weight excluding hydrogens is 387 g/mol. The first-order valence-corrected chi connectivity index (χ1v) is 9.61. The molecule has 5 rings (SSSR count). The number of nitrogens with zero attached hydrogens (tertiary/aromatic N) is 4. The first-order valence-electron chi connectivity index (χ1n) is 9.61. The summed E-state index contributed by atoms with van der Waals surface area (Å²) in [6.45, 7) is 0.457. The van der Waals surface area contributed by atoms with Crippen molar-refractivity contribution in [2.75, 3.05) is 11.4 Å². The molecule has 2 aromatic carbocycles. The van der Waals surface area contributed by atoms with E-state index in [1.165, 1.54) is 35.2 Å². The zero-order chi connectivity index (χ0) is 20.7. The van der Waals surface area contributed by atoms with E-state index in [-0.39, 0.29) is 29.2 Å². The van der Waals surface area contributed by atoms with Crippen molar-refractivity contribution in [1.82, 2.24) is 14.7 Å². The summed E-state index contributed by atoms with van der Waals surface area (Å²) in [4.78, 5) is 31.9. The van der Waals surface area contributed by atoms with E-state index in [4.69, 9.17) is 4.52 Å². The number of amides is 1. The number of para-hydroxylation sites is 1. The highest BCUT2D eigenvalue weighted by atomic mass is 19.1. The summed E-state index contributed by atoms with van der Waals surface area (Å²) in [5, 5.41) is 4.09. The van der Waals surface area contributed by atoms with Crippen LogP contribution in [0, 0.1) is 5.82 Å². The van der Waals surface area contributed by atoms with Crippen LogP contribution in [0.3, 0.4) is 0 Å². The summed E-state index contributed by atoms with van der Waals surface area (Å²) >= 11 is 0. The predicted octanol–water partition coefficient (Wildman–Crippen LogP) is 3.17. The second kappa shape index (κ2) is 7.22. The largest absolute Gasteiger partial charge is 0.335 e. The molecule has 0 N–H and O–H groups in total. The fraction of sp³-hybridized carbons (Fsp3) is 0.182. The lowest BCUT2D eigenvalue weighted by molar-refractivity contribution is -0.119. The summed E-state index contributed by atoms with van der Waals surface area (Å²) < 4.78 is 19.7. The molecule has 0 saturated carbocycles. The second-order valence-corrected chi connectivity index (χ2v) is 7.17. The van der Waals surface area contributed by atoms with Gasteiger partial charge in [-0.1, -0.05) is 23.4 Å². The predicted molar refractivity (Wildman–Crippen MR) is 109 cm³/mol. The minimum absolute atomic E-state index is 0.0753. The van der Waals surface area contributed by atoms with Gasteiger partial charge in [0, 0.05) is 17.8 Å². The Kier molecular flexibility index (Phi) is 4.39. The Balaban J connectivity index is 1.51. The monoisotopic (exact) mass is 404 g/mol. The van der Waals surface area contributed by atoms with Crippen LogP contribution in [0.2, 0.25) is 0 Å². The Labute approximate surface area is 170 Å². The van der Waals surface area contributed by atoms with Gasteiger partial charge >= 0.3 is 0 Å². The molecule has 3 heterocycles. The number of benzene rings is 2. The van der Waals surface area contributed by atoms with Crippen molar-refractivity contribution in [2.45, 2.75) is 19.4 Å². The third-order valence-electron chi connectivity index (χ3n) is 5.30. The minimum atomic E-state index is -0.431. The van der Waals surface area contributed by atoms with E-state index >= 15 is 0 Å². The van der Waals surface area contributed by atoms with Gasteiger partial charge in [0.2, 0.25) is 5.91 Å². The molecule has 0 atom stereocenters. The number of hydrogen-bond donors (Lipinski definition) is 0. The molecule has 0 aliphatic carbocycles. The van der Waals surface area contributed by atoms with Gasteiger partial charge in [-0.3, -0.25) is 14.2 Å². The van der Waals surface area contributed by atoms with Crippen LogP contribution in [0.5, 0.6) is 0 Å². The topological polar surface area (TPSA) is 81.2 Å². The standard InChI is InChI=1S/C22H17FN4O3/c23-16-9-7-15(8-10-16)20-19-21(30-25-20)24-13-26(22(19)29)12-18(28)27-11-3-5-14-4-1-2-6-17(14)27/h1-2,4,6-10,13H,3,5,11-12H2. The van der Waals surface area contributed by atoms with Crippen LogP contribution >= 0.6 is 0 Å². The zero-order valence-electron chi connectivity index (χ0n) is 15.9. The Morgan fingerprint density at radius 3 is 2.77 bits per heavy atom. The third-order valence-corrected chi connectivity index (χ3v) is 5.30. The van der Waals surface area contributed by atoms with E-state index in [9.17, 15) is 14.0 Å². The molecule has 30 heavy (non-hydrogen) atoms. The number of fused-ring (bicyclic) bond motifs is 2. The molecule has 0 spiro atoms. The van der Waals surface area contributed by atoms with Gasteiger partial charge in [-0.25, -0.2) is 9.37 Å². The number of aryl methyl sites for hydroxylation is 1. The van der Waals surface area contributed by atoms with Gasteiger partial charge < -0.3 is 9.42 Å². The van der Waals surface area contributed by atoms with Gasteiger partial charge in [-0.15, -0.1) is 0 Å². The van der Waals surface area contributed by atoms with Gasteiger partial charge in [0.15, 0.2) is 0 Å². The minimum Gasteiger partial charge on any atom is -0.335 e. The number of carbonyl (C=O) groups is 1. The number of rotatable bonds is 3. The Bertz CT molecular complexity index is 1310. The van der Waals surface area contributed by atoms with E-state index in [0.717, 1.165) is 24.1 Å². The van der Waals surface area contributed by atoms with Crippen molar-refractivity contribution >= 4 is 22.7 Å². The van der Waals surface area contributed by atoms with Crippen LogP contribution in [0.25, 0.3) is 22.4 Å². The quantitative estimate of drug-likeness (QED) is 0.524. The molecule has 0 fully saturated rings. The Hall–Kier alpha value is -3.81. The van der Waals surface area contributed by atoms with E-state index in [2.05, 4.69) is 10.1 Å². The normalized spacial score (nSPS) is 13.4. The Morgan fingerprint density at radius 1 is 1.13 bits per heavy atom. The molecule has 1 aliphatic rings. The smallest absolute Gasteiger partial charge is 0.267 e. The van der Waals surface area contributed by atoms with E-state index in [1.807, 2.05) is 24.3 Å². The molecule has 1 amide bonds. The molecule has 4 aromatic rings. The van der Waals surface area contributed by atoms with E-state index in [0.29, 0.717) is 12.1 Å². The molecule has 150 valence electrons. The van der Waals surface area contributed by atoms with Crippen molar-refractivity contribution in [3.8, 4) is 11.3 Å². The molecule has 1 aliphatic heterocycles. The maximum Gasteiger partial charge on any atom is 0.267 e. The van der Waals surface area contributed by atoms with Crippen LogP contribution in [0.4, 0.5) is 10.1 Å². The summed E-state index contributed by atoms with van der Waals surface area (Å²) in [5.41, 5.74) is 2.45. The Morgan fingerprint density at radius 2 is 1.93 bits per heavy atom. The number of carbonyl (C=O) groups excluding carboxylic acids is 1. The van der Waals surface area contributed by atoms with Crippen LogP contribution in [-0.4, -0.2) is 27.2 Å². The highest BCUT2D eigenvalue weighted by Gasteiger charge is 2.24. The fourth-order valence-electron chi connectivity index (χ4n) is 3.82.